The molecule has 0 fully saturated rings. The highest BCUT2D eigenvalue weighted by molar-refractivity contribution is 5.87. The van der Waals surface area contributed by atoms with E-state index in [4.69, 9.17) is 5.73 Å². The molecule has 0 aliphatic carbocycles. The van der Waals surface area contributed by atoms with Crippen LogP contribution >= 0.6 is 0 Å². The number of nitrogens with zero attached hydrogens (tertiary/aromatic N) is 1. The van der Waals surface area contributed by atoms with E-state index in [1.54, 1.807) is 0 Å². The monoisotopic (exact) mass is 403 g/mol. The fourth-order valence-corrected chi connectivity index (χ4v) is 2.87. The highest BCUT2D eigenvalue weighted by Gasteiger charge is 2.31. The molecule has 10 nitrogen and oxygen atoms in total. The van der Waals surface area contributed by atoms with Crippen LogP contribution in [0.3, 0.4) is 0 Å². The van der Waals surface area contributed by atoms with Crippen molar-refractivity contribution >= 4 is 17.8 Å². The third-order valence-electron chi connectivity index (χ3n) is 4.44. The van der Waals surface area contributed by atoms with Crippen molar-refractivity contribution in [3.05, 3.63) is 54.1 Å². The number of nitrogens with one attached hydrogen (secondary N) is 3. The van der Waals surface area contributed by atoms with Gasteiger partial charge in [-0.3, -0.25) is 14.9 Å². The predicted molar refractivity (Wildman–Crippen MR) is 104 cm³/mol. The maximum Gasteiger partial charge on any atom is 0.327 e. The molecular weight excluding hydrogens is 378 g/mol. The number of aromatic amines is 1. The molecule has 4 atom stereocenters. The van der Waals surface area contributed by atoms with Gasteiger partial charge in [-0.15, -0.1) is 0 Å². The van der Waals surface area contributed by atoms with E-state index in [0.29, 0.717) is 5.69 Å². The lowest BCUT2D eigenvalue weighted by atomic mass is 10.0. The normalized spacial score (nSPS) is 15.1. The Hall–Kier alpha value is -3.24. The van der Waals surface area contributed by atoms with Gasteiger partial charge in [-0.1, -0.05) is 30.3 Å². The summed E-state index contributed by atoms with van der Waals surface area (Å²) in [6, 6.07) is 4.88. The zero-order valence-electron chi connectivity index (χ0n) is 15.9. The van der Waals surface area contributed by atoms with E-state index in [1.807, 2.05) is 30.3 Å². The number of carboxylic acid groups (broad SMARTS) is 2. The van der Waals surface area contributed by atoms with Gasteiger partial charge in [-0.05, 0) is 18.9 Å². The second-order valence-corrected chi connectivity index (χ2v) is 6.75. The Morgan fingerprint density at radius 3 is 2.38 bits per heavy atom. The number of H-pyrrole nitrogens is 1. The first-order valence-corrected chi connectivity index (χ1v) is 9.06. The molecule has 10 heteroatoms. The zero-order chi connectivity index (χ0) is 21.4. The van der Waals surface area contributed by atoms with Gasteiger partial charge in [0.2, 0.25) is 5.91 Å². The first kappa shape index (κ1) is 22.1. The number of rotatable bonds is 11. The summed E-state index contributed by atoms with van der Waals surface area (Å²) in [6.07, 6.45) is 3.24. The average molecular weight is 403 g/mol. The summed E-state index contributed by atoms with van der Waals surface area (Å²) in [5.74, 6) is -3.08. The summed E-state index contributed by atoms with van der Waals surface area (Å²) in [7, 11) is 0. The molecule has 1 aromatic heterocycles. The average Bonchev–Trinajstić information content (AvgIpc) is 3.18. The minimum absolute atomic E-state index is 0.0769. The number of amides is 1. The topological polar surface area (TPSA) is 170 Å². The van der Waals surface area contributed by atoms with Crippen molar-refractivity contribution in [1.29, 1.82) is 0 Å². The second-order valence-electron chi connectivity index (χ2n) is 6.75. The number of aliphatic carboxylic acids is 2. The fourth-order valence-electron chi connectivity index (χ4n) is 2.87. The smallest absolute Gasteiger partial charge is 0.327 e. The number of carboxylic acids is 2. The molecule has 2 aromatic rings. The minimum Gasteiger partial charge on any atom is -0.480 e. The number of carbonyl (C=O) groups excluding carboxylic acids is 1. The van der Waals surface area contributed by atoms with Crippen molar-refractivity contribution in [3.63, 3.8) is 0 Å². The fraction of sp³-hybridized carbons (Fsp3) is 0.368. The van der Waals surface area contributed by atoms with Crippen molar-refractivity contribution in [2.45, 2.75) is 43.9 Å². The van der Waals surface area contributed by atoms with Crippen LogP contribution in [0.5, 0.6) is 0 Å². The van der Waals surface area contributed by atoms with Gasteiger partial charge < -0.3 is 26.2 Å². The Balaban J connectivity index is 2.00. The van der Waals surface area contributed by atoms with Crippen LogP contribution in [-0.2, 0) is 27.2 Å². The van der Waals surface area contributed by atoms with Crippen molar-refractivity contribution in [2.75, 3.05) is 0 Å². The van der Waals surface area contributed by atoms with Crippen LogP contribution in [0, 0.1) is 0 Å². The molecule has 0 unspecified atom stereocenters. The maximum absolute atomic E-state index is 12.4. The van der Waals surface area contributed by atoms with E-state index in [-0.39, 0.29) is 12.8 Å². The summed E-state index contributed by atoms with van der Waals surface area (Å²) in [4.78, 5) is 42.2. The summed E-state index contributed by atoms with van der Waals surface area (Å²) >= 11 is 0. The van der Waals surface area contributed by atoms with Crippen molar-refractivity contribution in [3.8, 4) is 0 Å². The van der Waals surface area contributed by atoms with Crippen LogP contribution in [0.2, 0.25) is 0 Å². The van der Waals surface area contributed by atoms with E-state index in [2.05, 4.69) is 20.6 Å². The summed E-state index contributed by atoms with van der Waals surface area (Å²) in [5.41, 5.74) is 7.33. The number of hydrogen-bond acceptors (Lipinski definition) is 6. The van der Waals surface area contributed by atoms with Gasteiger partial charge in [-0.2, -0.15) is 0 Å². The molecule has 1 aromatic carbocycles. The molecule has 2 rings (SSSR count). The molecule has 0 aliphatic rings. The lowest BCUT2D eigenvalue weighted by Crippen LogP contribution is -2.59. The Kier molecular flexibility index (Phi) is 7.87. The zero-order valence-corrected chi connectivity index (χ0v) is 15.9. The van der Waals surface area contributed by atoms with E-state index in [1.165, 1.54) is 19.4 Å². The summed E-state index contributed by atoms with van der Waals surface area (Å²) < 4.78 is 0. The van der Waals surface area contributed by atoms with Crippen LogP contribution in [0.4, 0.5) is 0 Å². The molecule has 1 heterocycles. The molecule has 7 N–H and O–H groups in total. The largest absolute Gasteiger partial charge is 0.480 e. The quantitative estimate of drug-likeness (QED) is 0.292. The third kappa shape index (κ3) is 6.70. The Labute approximate surface area is 167 Å². The molecule has 0 aliphatic heterocycles. The number of benzene rings is 1. The lowest BCUT2D eigenvalue weighted by molar-refractivity contribution is -0.144. The number of imidazole rings is 1. The van der Waals surface area contributed by atoms with Gasteiger partial charge >= 0.3 is 11.9 Å². The maximum atomic E-state index is 12.4. The number of carbonyl (C=O) groups is 3. The standard InChI is InChI=1S/C19H25N5O5/c1-11(23-15(18(26)27)8-13-9-21-10-22-13)16(19(28)29)24-17(25)14(20)7-12-5-3-2-4-6-12/h2-6,9-11,14-16,23H,7-8,20H2,1H3,(H,21,22)(H,24,25)(H,26,27)(H,28,29)/t11-,14-,15+,16+/m1/s1. The Morgan fingerprint density at radius 1 is 1.14 bits per heavy atom. The van der Waals surface area contributed by atoms with Gasteiger partial charge in [0, 0.05) is 24.4 Å². The first-order chi connectivity index (χ1) is 13.8. The Morgan fingerprint density at radius 2 is 1.83 bits per heavy atom. The molecule has 156 valence electrons. The van der Waals surface area contributed by atoms with Crippen molar-refractivity contribution in [1.82, 2.24) is 20.6 Å². The van der Waals surface area contributed by atoms with Gasteiger partial charge in [0.25, 0.3) is 0 Å². The van der Waals surface area contributed by atoms with Gasteiger partial charge in [0.05, 0.1) is 12.4 Å². The molecule has 29 heavy (non-hydrogen) atoms. The van der Waals surface area contributed by atoms with Gasteiger partial charge in [-0.25, -0.2) is 9.78 Å². The van der Waals surface area contributed by atoms with Crippen molar-refractivity contribution < 1.29 is 24.6 Å². The highest BCUT2D eigenvalue weighted by atomic mass is 16.4. The number of nitrogens with two attached hydrogens (primary N) is 1. The number of hydrogen-bond donors (Lipinski definition) is 6. The lowest BCUT2D eigenvalue weighted by Gasteiger charge is -2.26. The first-order valence-electron chi connectivity index (χ1n) is 9.06. The van der Waals surface area contributed by atoms with Crippen LogP contribution in [0.15, 0.2) is 42.9 Å². The van der Waals surface area contributed by atoms with E-state index < -0.39 is 42.0 Å². The highest BCUT2D eigenvalue weighted by Crippen LogP contribution is 2.05. The van der Waals surface area contributed by atoms with Crippen LogP contribution in [0.25, 0.3) is 0 Å². The summed E-state index contributed by atoms with van der Waals surface area (Å²) in [6.45, 7) is 1.49. The predicted octanol–water partition coefficient (Wildman–Crippen LogP) is -0.477. The molecule has 0 saturated carbocycles. The van der Waals surface area contributed by atoms with Crippen molar-refractivity contribution in [2.24, 2.45) is 5.73 Å². The van der Waals surface area contributed by atoms with Crippen LogP contribution < -0.4 is 16.4 Å². The van der Waals surface area contributed by atoms with E-state index in [9.17, 15) is 24.6 Å². The molecule has 0 bridgehead atoms. The third-order valence-corrected chi connectivity index (χ3v) is 4.44. The molecule has 1 amide bonds. The molecule has 0 radical (unpaired) electrons. The van der Waals surface area contributed by atoms with Gasteiger partial charge in [0.15, 0.2) is 0 Å². The van der Waals surface area contributed by atoms with Crippen LogP contribution in [-0.4, -0.2) is 62.2 Å². The van der Waals surface area contributed by atoms with Crippen LogP contribution in [0.1, 0.15) is 18.2 Å². The van der Waals surface area contributed by atoms with E-state index in [0.717, 1.165) is 5.56 Å². The van der Waals surface area contributed by atoms with E-state index >= 15 is 0 Å². The summed E-state index contributed by atoms with van der Waals surface area (Å²) in [5, 5.41) is 24.1. The second kappa shape index (κ2) is 10.3. The minimum atomic E-state index is -1.35. The SMILES string of the molecule is C[C@@H](N[C@@H](Cc1cnc[nH]1)C(=O)O)[C@H](NC(=O)[C@H](N)Cc1ccccc1)C(=O)O. The number of aromatic nitrogens is 2. The molecule has 0 saturated heterocycles. The molecule has 0 spiro atoms. The van der Waals surface area contributed by atoms with Gasteiger partial charge in [0.1, 0.15) is 12.1 Å². The molecular formula is C19H25N5O5. The Bertz CT molecular complexity index is 812.